The molecule has 8 heteroatoms. The molecule has 0 amide bonds. The summed E-state index contributed by atoms with van der Waals surface area (Å²) in [4.78, 5) is -0.675. The molecule has 0 atom stereocenters. The van der Waals surface area contributed by atoms with Crippen molar-refractivity contribution >= 4 is 27.3 Å². The summed E-state index contributed by atoms with van der Waals surface area (Å²) in [6.45, 7) is 1.28. The van der Waals surface area contributed by atoms with Crippen LogP contribution in [0.3, 0.4) is 0 Å². The van der Waals surface area contributed by atoms with Crippen LogP contribution in [-0.4, -0.2) is 15.0 Å². The van der Waals surface area contributed by atoms with Gasteiger partial charge in [-0.3, -0.25) is 4.31 Å². The van der Waals surface area contributed by atoms with Crippen molar-refractivity contribution < 1.29 is 21.6 Å². The number of nitrogens with zero attached hydrogens (tertiary/aromatic N) is 1. The lowest BCUT2D eigenvalue weighted by Crippen LogP contribution is -2.32. The zero-order valence-electron chi connectivity index (χ0n) is 11.4. The Bertz CT molecular complexity index is 812. The van der Waals surface area contributed by atoms with Crippen LogP contribution >= 0.6 is 11.6 Å². The van der Waals surface area contributed by atoms with Crippen LogP contribution in [-0.2, 0) is 10.0 Å². The van der Waals surface area contributed by atoms with E-state index in [0.717, 1.165) is 24.3 Å². The Labute approximate surface area is 131 Å². The third-order valence-corrected chi connectivity index (χ3v) is 5.07. The maximum atomic E-state index is 13.8. The maximum Gasteiger partial charge on any atom is 0.267 e. The van der Waals surface area contributed by atoms with Crippen LogP contribution < -0.4 is 4.31 Å². The minimum atomic E-state index is -4.38. The van der Waals surface area contributed by atoms with E-state index >= 15 is 0 Å². The van der Waals surface area contributed by atoms with Crippen molar-refractivity contribution in [1.82, 2.24) is 0 Å². The van der Waals surface area contributed by atoms with Crippen molar-refractivity contribution in [3.8, 4) is 0 Å². The first-order valence-electron chi connectivity index (χ1n) is 6.20. The van der Waals surface area contributed by atoms with E-state index in [2.05, 4.69) is 0 Å². The number of halogens is 4. The Morgan fingerprint density at radius 2 is 1.73 bits per heavy atom. The smallest absolute Gasteiger partial charge is 0.264 e. The number of hydrogen-bond donors (Lipinski definition) is 0. The van der Waals surface area contributed by atoms with E-state index in [1.165, 1.54) is 13.0 Å². The second kappa shape index (κ2) is 6.18. The van der Waals surface area contributed by atoms with E-state index in [1.54, 1.807) is 0 Å². The number of hydrogen-bond acceptors (Lipinski definition) is 2. The first-order chi connectivity index (χ1) is 10.3. The summed E-state index contributed by atoms with van der Waals surface area (Å²) >= 11 is 5.70. The molecule has 0 saturated carbocycles. The predicted octanol–water partition coefficient (Wildman–Crippen LogP) is 3.97. The zero-order chi connectivity index (χ0) is 16.5. The zero-order valence-corrected chi connectivity index (χ0v) is 12.9. The van der Waals surface area contributed by atoms with Crippen molar-refractivity contribution in [2.45, 2.75) is 11.8 Å². The number of sulfonamides is 1. The highest BCUT2D eigenvalue weighted by Crippen LogP contribution is 2.29. The van der Waals surface area contributed by atoms with E-state index in [4.69, 9.17) is 11.6 Å². The van der Waals surface area contributed by atoms with Gasteiger partial charge in [-0.15, -0.1) is 0 Å². The van der Waals surface area contributed by atoms with Crippen molar-refractivity contribution in [2.24, 2.45) is 0 Å². The lowest BCUT2D eigenvalue weighted by molar-refractivity contribution is 0.559. The molecule has 0 spiro atoms. The van der Waals surface area contributed by atoms with E-state index in [1.807, 2.05) is 0 Å². The summed E-state index contributed by atoms with van der Waals surface area (Å²) in [7, 11) is -4.38. The van der Waals surface area contributed by atoms with Crippen LogP contribution in [0.15, 0.2) is 41.3 Å². The molecule has 0 heterocycles. The summed E-state index contributed by atoms with van der Waals surface area (Å²) in [5, 5.41) is 0.0237. The highest BCUT2D eigenvalue weighted by Gasteiger charge is 2.29. The Hall–Kier alpha value is -1.73. The van der Waals surface area contributed by atoms with Crippen LogP contribution in [0.1, 0.15) is 6.92 Å². The third-order valence-electron chi connectivity index (χ3n) is 2.93. The normalized spacial score (nSPS) is 11.5. The summed E-state index contributed by atoms with van der Waals surface area (Å²) in [5.74, 6) is -2.91. The number of benzene rings is 2. The number of rotatable bonds is 4. The SMILES string of the molecule is CCN(c1ccc(F)cc1F)S(=O)(=O)c1cc(Cl)ccc1F. The summed E-state index contributed by atoms with van der Waals surface area (Å²) in [6.07, 6.45) is 0. The second-order valence-corrected chi connectivity index (χ2v) is 6.61. The molecule has 0 saturated heterocycles. The molecule has 0 bridgehead atoms. The van der Waals surface area contributed by atoms with Gasteiger partial charge >= 0.3 is 0 Å². The van der Waals surface area contributed by atoms with Crippen LogP contribution in [0.4, 0.5) is 18.9 Å². The lowest BCUT2D eigenvalue weighted by Gasteiger charge is -2.23. The quantitative estimate of drug-likeness (QED) is 0.837. The van der Waals surface area contributed by atoms with Gasteiger partial charge in [-0.05, 0) is 37.3 Å². The van der Waals surface area contributed by atoms with Gasteiger partial charge in [-0.25, -0.2) is 21.6 Å². The van der Waals surface area contributed by atoms with E-state index in [9.17, 15) is 21.6 Å². The average Bonchev–Trinajstić information content (AvgIpc) is 2.44. The molecule has 0 aliphatic rings. The Morgan fingerprint density at radius 3 is 2.32 bits per heavy atom. The molecule has 0 aliphatic heterocycles. The molecule has 0 aromatic heterocycles. The molecule has 0 fully saturated rings. The van der Waals surface area contributed by atoms with Crippen molar-refractivity contribution in [3.63, 3.8) is 0 Å². The summed E-state index contributed by atoms with van der Waals surface area (Å²) in [6, 6.07) is 5.51. The van der Waals surface area contributed by atoms with Gasteiger partial charge in [0.1, 0.15) is 22.3 Å². The predicted molar refractivity (Wildman–Crippen MR) is 78.0 cm³/mol. The van der Waals surface area contributed by atoms with Gasteiger partial charge in [0.05, 0.1) is 5.69 Å². The van der Waals surface area contributed by atoms with E-state index in [-0.39, 0.29) is 17.3 Å². The van der Waals surface area contributed by atoms with Gasteiger partial charge in [0.2, 0.25) is 0 Å². The molecular weight excluding hydrogens is 339 g/mol. The maximum absolute atomic E-state index is 13.8. The third kappa shape index (κ3) is 3.05. The minimum absolute atomic E-state index is 0.0237. The largest absolute Gasteiger partial charge is 0.267 e. The van der Waals surface area contributed by atoms with E-state index < -0.39 is 32.4 Å². The first kappa shape index (κ1) is 16.6. The topological polar surface area (TPSA) is 37.4 Å². The van der Waals surface area contributed by atoms with Crippen LogP contribution in [0, 0.1) is 17.5 Å². The van der Waals surface area contributed by atoms with E-state index in [0.29, 0.717) is 10.4 Å². The van der Waals surface area contributed by atoms with Crippen molar-refractivity contribution in [3.05, 3.63) is 58.9 Å². The van der Waals surface area contributed by atoms with Gasteiger partial charge in [-0.1, -0.05) is 11.6 Å². The minimum Gasteiger partial charge on any atom is -0.264 e. The van der Waals surface area contributed by atoms with Gasteiger partial charge in [0.15, 0.2) is 0 Å². The fourth-order valence-electron chi connectivity index (χ4n) is 1.95. The van der Waals surface area contributed by atoms with Gasteiger partial charge < -0.3 is 0 Å². The Kier molecular flexibility index (Phi) is 4.67. The monoisotopic (exact) mass is 349 g/mol. The second-order valence-electron chi connectivity index (χ2n) is 4.34. The van der Waals surface area contributed by atoms with Crippen LogP contribution in [0.25, 0.3) is 0 Å². The highest BCUT2D eigenvalue weighted by molar-refractivity contribution is 7.92. The molecule has 0 radical (unpaired) electrons. The van der Waals surface area contributed by atoms with Crippen LogP contribution in [0.5, 0.6) is 0 Å². The molecule has 22 heavy (non-hydrogen) atoms. The van der Waals surface area contributed by atoms with Crippen molar-refractivity contribution in [2.75, 3.05) is 10.8 Å². The van der Waals surface area contributed by atoms with Gasteiger partial charge in [0, 0.05) is 17.6 Å². The fourth-order valence-corrected chi connectivity index (χ4v) is 3.76. The van der Waals surface area contributed by atoms with Crippen molar-refractivity contribution in [1.29, 1.82) is 0 Å². The molecule has 0 unspecified atom stereocenters. The molecule has 2 aromatic rings. The average molecular weight is 350 g/mol. The molecule has 3 nitrogen and oxygen atoms in total. The highest BCUT2D eigenvalue weighted by atomic mass is 35.5. The fraction of sp³-hybridized carbons (Fsp3) is 0.143. The molecule has 0 aliphatic carbocycles. The molecular formula is C14H11ClF3NO2S. The molecule has 2 rings (SSSR count). The first-order valence-corrected chi connectivity index (χ1v) is 8.02. The Morgan fingerprint density at radius 1 is 1.05 bits per heavy atom. The molecule has 0 N–H and O–H groups in total. The molecule has 2 aromatic carbocycles. The summed E-state index contributed by atoms with van der Waals surface area (Å²) in [5.41, 5.74) is -0.372. The van der Waals surface area contributed by atoms with Gasteiger partial charge in [0.25, 0.3) is 10.0 Å². The standard InChI is InChI=1S/C14H11ClF3NO2S/c1-2-19(13-6-4-10(16)8-12(13)18)22(20,21)14-7-9(15)3-5-11(14)17/h3-8H,2H2,1H3. The molecule has 118 valence electrons. The van der Waals surface area contributed by atoms with Gasteiger partial charge in [-0.2, -0.15) is 0 Å². The Balaban J connectivity index is 2.61. The lowest BCUT2D eigenvalue weighted by atomic mass is 10.3. The number of anilines is 1. The van der Waals surface area contributed by atoms with Crippen LogP contribution in [0.2, 0.25) is 5.02 Å². The summed E-state index contributed by atoms with van der Waals surface area (Å²) < 4.78 is 66.4.